The van der Waals surface area contributed by atoms with E-state index in [1.165, 1.54) is 0 Å². The highest BCUT2D eigenvalue weighted by Gasteiger charge is 2.38. The maximum Gasteiger partial charge on any atom is 0.322 e. The molecule has 0 aliphatic heterocycles. The second kappa shape index (κ2) is 6.50. The number of benzene rings is 2. The standard InChI is InChI=1S/C21H16N2O5/c1-10-13(9-22)17-18(28-19(23-17)12-7-8-12)15(16(20(24)25)21(26)27)14(10)11-5-3-2-4-6-11/h2-6,12,16H,7-8H2,1H3,(H,24,25)(H,26,27). The molecule has 3 aromatic rings. The quantitative estimate of drug-likeness (QED) is 0.649. The highest BCUT2D eigenvalue weighted by Crippen LogP contribution is 2.45. The first kappa shape index (κ1) is 17.7. The third-order valence-corrected chi connectivity index (χ3v) is 5.03. The predicted octanol–water partition coefficient (Wildman–Crippen LogP) is 3.81. The molecule has 0 saturated heterocycles. The van der Waals surface area contributed by atoms with Crippen molar-refractivity contribution in [2.45, 2.75) is 31.6 Å². The van der Waals surface area contributed by atoms with Crippen LogP contribution in [-0.2, 0) is 9.59 Å². The summed E-state index contributed by atoms with van der Waals surface area (Å²) in [4.78, 5) is 28.2. The molecule has 28 heavy (non-hydrogen) atoms. The summed E-state index contributed by atoms with van der Waals surface area (Å²) >= 11 is 0. The molecule has 2 N–H and O–H groups in total. The van der Waals surface area contributed by atoms with E-state index in [1.54, 1.807) is 37.3 Å². The van der Waals surface area contributed by atoms with Gasteiger partial charge in [-0.15, -0.1) is 0 Å². The van der Waals surface area contributed by atoms with Crippen molar-refractivity contribution in [1.29, 1.82) is 5.26 Å². The monoisotopic (exact) mass is 376 g/mol. The molecule has 7 heteroatoms. The number of fused-ring (bicyclic) bond motifs is 1. The van der Waals surface area contributed by atoms with Crippen molar-refractivity contribution in [3.63, 3.8) is 0 Å². The predicted molar refractivity (Wildman–Crippen MR) is 98.9 cm³/mol. The lowest BCUT2D eigenvalue weighted by molar-refractivity contribution is -0.149. The highest BCUT2D eigenvalue weighted by atomic mass is 16.4. The topological polar surface area (TPSA) is 124 Å². The Balaban J connectivity index is 2.17. The summed E-state index contributed by atoms with van der Waals surface area (Å²) in [6, 6.07) is 11.0. The summed E-state index contributed by atoms with van der Waals surface area (Å²) in [6.45, 7) is 1.68. The van der Waals surface area contributed by atoms with E-state index in [-0.39, 0.29) is 28.1 Å². The normalized spacial score (nSPS) is 13.6. The van der Waals surface area contributed by atoms with E-state index in [4.69, 9.17) is 4.42 Å². The Hall–Kier alpha value is -3.66. The molecule has 2 aromatic carbocycles. The summed E-state index contributed by atoms with van der Waals surface area (Å²) in [5.41, 5.74) is 2.07. The molecule has 1 saturated carbocycles. The van der Waals surface area contributed by atoms with Gasteiger partial charge in [0.15, 0.2) is 17.4 Å². The number of hydrogen-bond acceptors (Lipinski definition) is 5. The van der Waals surface area contributed by atoms with Crippen LogP contribution >= 0.6 is 0 Å². The van der Waals surface area contributed by atoms with Crippen LogP contribution in [-0.4, -0.2) is 27.1 Å². The summed E-state index contributed by atoms with van der Waals surface area (Å²) < 4.78 is 5.88. The second-order valence-corrected chi connectivity index (χ2v) is 6.88. The van der Waals surface area contributed by atoms with E-state index in [0.717, 1.165) is 12.8 Å². The average molecular weight is 376 g/mol. The van der Waals surface area contributed by atoms with Crippen molar-refractivity contribution >= 4 is 23.0 Å². The van der Waals surface area contributed by atoms with Crippen molar-refractivity contribution in [3.8, 4) is 17.2 Å². The molecular weight excluding hydrogens is 360 g/mol. The van der Waals surface area contributed by atoms with Gasteiger partial charge in [0, 0.05) is 11.5 Å². The maximum atomic E-state index is 11.9. The lowest BCUT2D eigenvalue weighted by atomic mass is 9.84. The van der Waals surface area contributed by atoms with Crippen LogP contribution in [0.15, 0.2) is 34.7 Å². The molecule has 0 radical (unpaired) electrons. The first-order valence-corrected chi connectivity index (χ1v) is 8.82. The van der Waals surface area contributed by atoms with Gasteiger partial charge < -0.3 is 14.6 Å². The largest absolute Gasteiger partial charge is 0.480 e. The number of aliphatic carboxylic acids is 2. The fraction of sp³-hybridized carbons (Fsp3) is 0.238. The summed E-state index contributed by atoms with van der Waals surface area (Å²) in [7, 11) is 0. The molecule has 0 amide bonds. The van der Waals surface area contributed by atoms with Gasteiger partial charge in [-0.2, -0.15) is 5.26 Å². The summed E-state index contributed by atoms with van der Waals surface area (Å²) in [5.74, 6) is -4.30. The van der Waals surface area contributed by atoms with Gasteiger partial charge in [0.25, 0.3) is 0 Å². The van der Waals surface area contributed by atoms with Crippen molar-refractivity contribution < 1.29 is 24.2 Å². The smallest absolute Gasteiger partial charge is 0.322 e. The van der Waals surface area contributed by atoms with E-state index in [1.807, 2.05) is 0 Å². The number of carbonyl (C=O) groups is 2. The molecule has 1 fully saturated rings. The molecule has 1 aliphatic rings. The molecule has 0 unspecified atom stereocenters. The van der Waals surface area contributed by atoms with Gasteiger partial charge in [0.1, 0.15) is 11.6 Å². The lowest BCUT2D eigenvalue weighted by Gasteiger charge is -2.18. The SMILES string of the molecule is Cc1c(-c2ccccc2)c(C(C(=O)O)C(=O)O)c2oc(C3CC3)nc2c1C#N. The van der Waals surface area contributed by atoms with Gasteiger partial charge in [0.05, 0.1) is 5.56 Å². The van der Waals surface area contributed by atoms with Gasteiger partial charge in [-0.3, -0.25) is 9.59 Å². The molecule has 0 bridgehead atoms. The molecule has 4 rings (SSSR count). The molecule has 1 heterocycles. The number of aromatic nitrogens is 1. The minimum atomic E-state index is -1.84. The number of oxazole rings is 1. The van der Waals surface area contributed by atoms with Crippen LogP contribution in [0.25, 0.3) is 22.2 Å². The Morgan fingerprint density at radius 3 is 2.39 bits per heavy atom. The molecule has 0 spiro atoms. The van der Waals surface area contributed by atoms with Crippen molar-refractivity contribution in [3.05, 3.63) is 52.9 Å². The van der Waals surface area contributed by atoms with E-state index in [9.17, 15) is 25.1 Å². The third-order valence-electron chi connectivity index (χ3n) is 5.03. The maximum absolute atomic E-state index is 11.9. The van der Waals surface area contributed by atoms with Gasteiger partial charge in [-0.05, 0) is 36.5 Å². The number of carboxylic acids is 2. The fourth-order valence-electron chi connectivity index (χ4n) is 3.55. The zero-order valence-electron chi connectivity index (χ0n) is 15.0. The molecule has 1 aliphatic carbocycles. The second-order valence-electron chi connectivity index (χ2n) is 6.88. The minimum Gasteiger partial charge on any atom is -0.480 e. The number of nitriles is 1. The zero-order valence-corrected chi connectivity index (χ0v) is 15.0. The van der Waals surface area contributed by atoms with Crippen molar-refractivity contribution in [1.82, 2.24) is 4.98 Å². The van der Waals surface area contributed by atoms with Crippen LogP contribution in [0.2, 0.25) is 0 Å². The van der Waals surface area contributed by atoms with Crippen LogP contribution in [0.5, 0.6) is 0 Å². The van der Waals surface area contributed by atoms with E-state index < -0.39 is 17.9 Å². The number of carboxylic acid groups (broad SMARTS) is 2. The Labute approximate surface area is 159 Å². The van der Waals surface area contributed by atoms with Crippen LogP contribution in [0.3, 0.4) is 0 Å². The van der Waals surface area contributed by atoms with Crippen molar-refractivity contribution in [2.24, 2.45) is 0 Å². The highest BCUT2D eigenvalue weighted by molar-refractivity contribution is 6.06. The van der Waals surface area contributed by atoms with Crippen LogP contribution in [0.1, 0.15) is 47.3 Å². The molecule has 1 aromatic heterocycles. The third kappa shape index (κ3) is 2.70. The first-order valence-electron chi connectivity index (χ1n) is 8.82. The molecule has 0 atom stereocenters. The van der Waals surface area contributed by atoms with Gasteiger partial charge in [-0.25, -0.2) is 4.98 Å². The minimum absolute atomic E-state index is 0.0251. The molecular formula is C21H16N2O5. The average Bonchev–Trinajstić information content (AvgIpc) is 3.41. The Kier molecular flexibility index (Phi) is 4.12. The molecule has 140 valence electrons. The molecule has 7 nitrogen and oxygen atoms in total. The Morgan fingerprint density at radius 1 is 1.21 bits per heavy atom. The zero-order chi connectivity index (χ0) is 20.0. The van der Waals surface area contributed by atoms with Crippen LogP contribution in [0, 0.1) is 18.3 Å². The van der Waals surface area contributed by atoms with Crippen LogP contribution in [0.4, 0.5) is 0 Å². The Bertz CT molecular complexity index is 1140. The fourth-order valence-corrected chi connectivity index (χ4v) is 3.55. The van der Waals surface area contributed by atoms with E-state index in [2.05, 4.69) is 11.1 Å². The summed E-state index contributed by atoms with van der Waals surface area (Å²) in [6.07, 6.45) is 1.80. The van der Waals surface area contributed by atoms with Gasteiger partial charge in [-0.1, -0.05) is 30.3 Å². The van der Waals surface area contributed by atoms with E-state index >= 15 is 0 Å². The van der Waals surface area contributed by atoms with Crippen LogP contribution < -0.4 is 0 Å². The summed E-state index contributed by atoms with van der Waals surface area (Å²) in [5, 5.41) is 29.1. The first-order chi connectivity index (χ1) is 13.4. The van der Waals surface area contributed by atoms with E-state index in [0.29, 0.717) is 22.6 Å². The number of rotatable bonds is 5. The Morgan fingerprint density at radius 2 is 1.86 bits per heavy atom. The van der Waals surface area contributed by atoms with Gasteiger partial charge in [0.2, 0.25) is 0 Å². The van der Waals surface area contributed by atoms with Crippen molar-refractivity contribution in [2.75, 3.05) is 0 Å². The number of nitrogens with zero attached hydrogens (tertiary/aromatic N) is 2. The lowest BCUT2D eigenvalue weighted by Crippen LogP contribution is -2.22. The number of hydrogen-bond donors (Lipinski definition) is 2. The van der Waals surface area contributed by atoms with Gasteiger partial charge >= 0.3 is 11.9 Å².